The molecule has 0 N–H and O–H groups in total. The summed E-state index contributed by atoms with van der Waals surface area (Å²) >= 11 is 0. The third kappa shape index (κ3) is 7.50. The van der Waals surface area contributed by atoms with Gasteiger partial charge in [0.2, 0.25) is 5.91 Å². The van der Waals surface area contributed by atoms with Gasteiger partial charge < -0.3 is 9.64 Å². The molecule has 0 saturated carbocycles. The normalized spacial score (nSPS) is 12.0. The van der Waals surface area contributed by atoms with E-state index >= 15 is 0 Å². The number of amides is 1. The van der Waals surface area contributed by atoms with Crippen LogP contribution in [0.2, 0.25) is 0 Å². The number of hydrogen-bond donors (Lipinski definition) is 0. The quantitative estimate of drug-likeness (QED) is 0.715. The first-order valence-electron chi connectivity index (χ1n) is 7.66. The molecular weight excluding hydrogens is 314 g/mol. The first kappa shape index (κ1) is 19.5. The average Bonchev–Trinajstić information content (AvgIpc) is 2.41. The summed E-state index contributed by atoms with van der Waals surface area (Å²) in [4.78, 5) is 13.9. The molecule has 1 aromatic rings. The third-order valence-corrected chi connectivity index (χ3v) is 4.36. The van der Waals surface area contributed by atoms with Crippen LogP contribution in [0.15, 0.2) is 29.2 Å². The Bertz CT molecular complexity index is 632. The molecule has 0 aliphatic heterocycles. The molecule has 0 radical (unpaired) electrons. The van der Waals surface area contributed by atoms with Crippen LogP contribution in [0.5, 0.6) is 5.75 Å². The molecule has 23 heavy (non-hydrogen) atoms. The van der Waals surface area contributed by atoms with Gasteiger partial charge in [-0.1, -0.05) is 26.8 Å². The highest BCUT2D eigenvalue weighted by atomic mass is 32.2. The van der Waals surface area contributed by atoms with Gasteiger partial charge in [0.1, 0.15) is 5.75 Å². The molecule has 0 aromatic heterocycles. The maximum Gasteiger partial charge on any atom is 0.222 e. The van der Waals surface area contributed by atoms with Crippen molar-refractivity contribution >= 4 is 15.7 Å². The van der Waals surface area contributed by atoms with Gasteiger partial charge in [-0.15, -0.1) is 0 Å². The Labute approximate surface area is 139 Å². The van der Waals surface area contributed by atoms with Crippen molar-refractivity contribution in [2.75, 3.05) is 26.5 Å². The summed E-state index contributed by atoms with van der Waals surface area (Å²) in [5.41, 5.74) is -0.0199. The van der Waals surface area contributed by atoms with Gasteiger partial charge >= 0.3 is 0 Å². The van der Waals surface area contributed by atoms with E-state index in [0.717, 1.165) is 0 Å². The van der Waals surface area contributed by atoms with Crippen LogP contribution < -0.4 is 4.74 Å². The minimum Gasteiger partial charge on any atom is -0.493 e. The maximum atomic E-state index is 12.0. The number of rotatable bonds is 7. The fourth-order valence-corrected chi connectivity index (χ4v) is 2.66. The number of carbonyl (C=O) groups excluding carboxylic acids is 1. The van der Waals surface area contributed by atoms with E-state index in [1.165, 1.54) is 12.3 Å². The largest absolute Gasteiger partial charge is 0.493 e. The zero-order valence-corrected chi connectivity index (χ0v) is 15.4. The average molecular weight is 341 g/mol. The van der Waals surface area contributed by atoms with Crippen LogP contribution in [0.3, 0.4) is 0 Å². The van der Waals surface area contributed by atoms with Crippen molar-refractivity contribution in [3.8, 4) is 5.75 Å². The SMILES string of the molecule is CN(CCCOc1cccc(S(C)(=O)=O)c1)C(=O)CC(C)(C)C. The molecule has 0 bridgehead atoms. The number of nitrogens with zero attached hydrogens (tertiary/aromatic N) is 1. The summed E-state index contributed by atoms with van der Waals surface area (Å²) in [7, 11) is -1.44. The van der Waals surface area contributed by atoms with E-state index in [1.54, 1.807) is 30.1 Å². The lowest BCUT2D eigenvalue weighted by Gasteiger charge is -2.23. The highest BCUT2D eigenvalue weighted by Crippen LogP contribution is 2.20. The van der Waals surface area contributed by atoms with Crippen molar-refractivity contribution in [2.24, 2.45) is 5.41 Å². The van der Waals surface area contributed by atoms with E-state index < -0.39 is 9.84 Å². The fourth-order valence-electron chi connectivity index (χ4n) is 2.00. The van der Waals surface area contributed by atoms with Crippen molar-refractivity contribution in [1.82, 2.24) is 4.90 Å². The van der Waals surface area contributed by atoms with Crippen LogP contribution in [-0.2, 0) is 14.6 Å². The molecular formula is C17H27NO4S. The number of benzene rings is 1. The van der Waals surface area contributed by atoms with Crippen molar-refractivity contribution in [1.29, 1.82) is 0 Å². The van der Waals surface area contributed by atoms with Crippen LogP contribution in [0.4, 0.5) is 0 Å². The van der Waals surface area contributed by atoms with Gasteiger partial charge in [0.25, 0.3) is 0 Å². The van der Waals surface area contributed by atoms with Gasteiger partial charge in [0.15, 0.2) is 9.84 Å². The molecule has 0 fully saturated rings. The van der Waals surface area contributed by atoms with Crippen LogP contribution in [0.25, 0.3) is 0 Å². The summed E-state index contributed by atoms with van der Waals surface area (Å²) in [6, 6.07) is 6.44. The van der Waals surface area contributed by atoms with Gasteiger partial charge in [-0.3, -0.25) is 4.79 Å². The van der Waals surface area contributed by atoms with Gasteiger partial charge in [-0.05, 0) is 30.0 Å². The minimum atomic E-state index is -3.23. The second kappa shape index (κ2) is 7.81. The summed E-state index contributed by atoms with van der Waals surface area (Å²) < 4.78 is 28.6. The Hall–Kier alpha value is -1.56. The van der Waals surface area contributed by atoms with E-state index in [-0.39, 0.29) is 16.2 Å². The monoisotopic (exact) mass is 341 g/mol. The summed E-state index contributed by atoms with van der Waals surface area (Å²) in [6.45, 7) is 7.16. The molecule has 0 aliphatic carbocycles. The Morgan fingerprint density at radius 3 is 2.48 bits per heavy atom. The first-order valence-corrected chi connectivity index (χ1v) is 9.55. The van der Waals surface area contributed by atoms with Gasteiger partial charge in [-0.25, -0.2) is 8.42 Å². The standard InChI is InChI=1S/C17H27NO4S/c1-17(2,3)13-16(19)18(4)10-7-11-22-14-8-6-9-15(12-14)23(5,20)21/h6,8-9,12H,7,10-11,13H2,1-5H3. The molecule has 6 heteroatoms. The molecule has 130 valence electrons. The van der Waals surface area contributed by atoms with Crippen LogP contribution >= 0.6 is 0 Å². The molecule has 0 aliphatic rings. The summed E-state index contributed by atoms with van der Waals surface area (Å²) in [5, 5.41) is 0. The predicted molar refractivity (Wildman–Crippen MR) is 91.4 cm³/mol. The molecule has 1 aromatic carbocycles. The zero-order chi connectivity index (χ0) is 17.7. The zero-order valence-electron chi connectivity index (χ0n) is 14.6. The number of carbonyl (C=O) groups is 1. The minimum absolute atomic E-state index is 0.0199. The first-order chi connectivity index (χ1) is 10.5. The molecule has 0 heterocycles. The molecule has 5 nitrogen and oxygen atoms in total. The van der Waals surface area contributed by atoms with Crippen molar-refractivity contribution in [3.05, 3.63) is 24.3 Å². The number of ether oxygens (including phenoxy) is 1. The van der Waals surface area contributed by atoms with Crippen LogP contribution in [0.1, 0.15) is 33.6 Å². The van der Waals surface area contributed by atoms with Crippen molar-refractivity contribution < 1.29 is 17.9 Å². The lowest BCUT2D eigenvalue weighted by Crippen LogP contribution is -2.31. The summed E-state index contributed by atoms with van der Waals surface area (Å²) in [6.07, 6.45) is 2.37. The third-order valence-electron chi connectivity index (χ3n) is 3.25. The Morgan fingerprint density at radius 1 is 1.26 bits per heavy atom. The number of sulfone groups is 1. The Morgan fingerprint density at radius 2 is 1.91 bits per heavy atom. The number of hydrogen-bond acceptors (Lipinski definition) is 4. The molecule has 0 saturated heterocycles. The fraction of sp³-hybridized carbons (Fsp3) is 0.588. The van der Waals surface area contributed by atoms with Gasteiger partial charge in [0.05, 0.1) is 11.5 Å². The lowest BCUT2D eigenvalue weighted by atomic mass is 9.92. The second-order valence-electron chi connectivity index (χ2n) is 7.00. The van der Waals surface area contributed by atoms with E-state index in [2.05, 4.69) is 0 Å². The lowest BCUT2D eigenvalue weighted by molar-refractivity contribution is -0.131. The highest BCUT2D eigenvalue weighted by Gasteiger charge is 2.18. The topological polar surface area (TPSA) is 63.7 Å². The van der Waals surface area contributed by atoms with E-state index in [0.29, 0.717) is 31.7 Å². The van der Waals surface area contributed by atoms with Crippen molar-refractivity contribution in [2.45, 2.75) is 38.5 Å². The maximum absolute atomic E-state index is 12.0. The molecule has 0 unspecified atom stereocenters. The van der Waals surface area contributed by atoms with E-state index in [4.69, 9.17) is 4.74 Å². The Kier molecular flexibility index (Phi) is 6.62. The highest BCUT2D eigenvalue weighted by molar-refractivity contribution is 7.90. The Balaban J connectivity index is 2.42. The smallest absolute Gasteiger partial charge is 0.222 e. The van der Waals surface area contributed by atoms with Crippen LogP contribution in [0, 0.1) is 5.41 Å². The molecule has 1 amide bonds. The molecule has 0 atom stereocenters. The van der Waals surface area contributed by atoms with E-state index in [9.17, 15) is 13.2 Å². The van der Waals surface area contributed by atoms with Gasteiger partial charge in [0, 0.05) is 26.3 Å². The van der Waals surface area contributed by atoms with Crippen LogP contribution in [-0.4, -0.2) is 45.7 Å². The second-order valence-corrected chi connectivity index (χ2v) is 9.02. The molecule has 1 rings (SSSR count). The molecule has 0 spiro atoms. The summed E-state index contributed by atoms with van der Waals surface area (Å²) in [5.74, 6) is 0.646. The van der Waals surface area contributed by atoms with Gasteiger partial charge in [-0.2, -0.15) is 0 Å². The van der Waals surface area contributed by atoms with Crippen molar-refractivity contribution in [3.63, 3.8) is 0 Å². The van der Waals surface area contributed by atoms with E-state index in [1.807, 2.05) is 20.8 Å². The predicted octanol–water partition coefficient (Wildman–Crippen LogP) is 2.75.